The average Bonchev–Trinajstić information content (AvgIpc) is 2.85. The van der Waals surface area contributed by atoms with Gasteiger partial charge in [0.1, 0.15) is 11.1 Å². The molecule has 0 aromatic carbocycles. The summed E-state index contributed by atoms with van der Waals surface area (Å²) in [4.78, 5) is 4.11. The summed E-state index contributed by atoms with van der Waals surface area (Å²) in [6.45, 7) is 3.86. The third kappa shape index (κ3) is 1.92. The molecule has 0 radical (unpaired) electrons. The van der Waals surface area contributed by atoms with Gasteiger partial charge in [0.25, 0.3) is 0 Å². The fourth-order valence-corrected chi connectivity index (χ4v) is 1.53. The highest BCUT2D eigenvalue weighted by Gasteiger charge is 2.14. The van der Waals surface area contributed by atoms with Gasteiger partial charge in [0.15, 0.2) is 5.76 Å². The molecule has 0 amide bonds. The van der Waals surface area contributed by atoms with Crippen LogP contribution in [0.1, 0.15) is 30.9 Å². The molecule has 0 bridgehead atoms. The lowest BCUT2D eigenvalue weighted by Gasteiger charge is -1.96. The fraction of sp³-hybridized carbons (Fsp3) is 0.364. The Morgan fingerprint density at radius 1 is 1.53 bits per heavy atom. The highest BCUT2D eigenvalue weighted by molar-refractivity contribution is 6.20. The van der Waals surface area contributed by atoms with E-state index in [0.717, 1.165) is 17.7 Å². The molecule has 2 aromatic heterocycles. The van der Waals surface area contributed by atoms with Gasteiger partial charge < -0.3 is 8.83 Å². The lowest BCUT2D eigenvalue weighted by Crippen LogP contribution is -1.81. The van der Waals surface area contributed by atoms with Crippen molar-refractivity contribution in [2.45, 2.75) is 25.6 Å². The number of hydrogen-bond acceptors (Lipinski definition) is 3. The summed E-state index contributed by atoms with van der Waals surface area (Å²) < 4.78 is 10.8. The molecule has 0 aliphatic carbocycles. The Kier molecular flexibility index (Phi) is 2.82. The SMILES string of the molecule is CCc1occc1-c1cnc(C(C)Cl)o1. The normalized spacial score (nSPS) is 13.0. The maximum Gasteiger partial charge on any atom is 0.212 e. The number of aromatic nitrogens is 1. The van der Waals surface area contributed by atoms with Crippen LogP contribution < -0.4 is 0 Å². The lowest BCUT2D eigenvalue weighted by atomic mass is 10.2. The second kappa shape index (κ2) is 4.11. The zero-order chi connectivity index (χ0) is 10.8. The van der Waals surface area contributed by atoms with Gasteiger partial charge in [-0.15, -0.1) is 11.6 Å². The number of oxazole rings is 1. The van der Waals surface area contributed by atoms with Crippen molar-refractivity contribution in [2.75, 3.05) is 0 Å². The minimum atomic E-state index is -0.212. The van der Waals surface area contributed by atoms with Crippen LogP contribution in [0.2, 0.25) is 0 Å². The molecule has 0 aliphatic rings. The van der Waals surface area contributed by atoms with Gasteiger partial charge in [0.2, 0.25) is 5.89 Å². The summed E-state index contributed by atoms with van der Waals surface area (Å²) in [5, 5.41) is -0.212. The van der Waals surface area contributed by atoms with Crippen LogP contribution in [0.25, 0.3) is 11.3 Å². The molecule has 80 valence electrons. The molecular formula is C11H12ClNO2. The third-order valence-electron chi connectivity index (χ3n) is 2.20. The van der Waals surface area contributed by atoms with E-state index in [1.807, 2.05) is 19.9 Å². The molecule has 1 unspecified atom stereocenters. The highest BCUT2D eigenvalue weighted by atomic mass is 35.5. The van der Waals surface area contributed by atoms with Gasteiger partial charge in [0.05, 0.1) is 18.0 Å². The number of nitrogens with zero attached hydrogens (tertiary/aromatic N) is 1. The number of rotatable bonds is 3. The maximum absolute atomic E-state index is 5.87. The number of aryl methyl sites for hydroxylation is 1. The molecule has 2 heterocycles. The first-order chi connectivity index (χ1) is 7.22. The van der Waals surface area contributed by atoms with Crippen molar-refractivity contribution in [3.63, 3.8) is 0 Å². The van der Waals surface area contributed by atoms with Crippen LogP contribution in [0.4, 0.5) is 0 Å². The van der Waals surface area contributed by atoms with Crippen molar-refractivity contribution in [1.82, 2.24) is 4.98 Å². The molecule has 0 spiro atoms. The summed E-state index contributed by atoms with van der Waals surface area (Å²) in [7, 11) is 0. The van der Waals surface area contributed by atoms with E-state index >= 15 is 0 Å². The summed E-state index contributed by atoms with van der Waals surface area (Å²) in [6.07, 6.45) is 4.16. The van der Waals surface area contributed by atoms with Crippen molar-refractivity contribution in [1.29, 1.82) is 0 Å². The van der Waals surface area contributed by atoms with E-state index in [1.54, 1.807) is 12.5 Å². The molecule has 0 saturated heterocycles. The van der Waals surface area contributed by atoms with Gasteiger partial charge in [0, 0.05) is 6.42 Å². The number of furan rings is 1. The Morgan fingerprint density at radius 3 is 2.93 bits per heavy atom. The first kappa shape index (κ1) is 10.3. The highest BCUT2D eigenvalue weighted by Crippen LogP contribution is 2.28. The van der Waals surface area contributed by atoms with Crippen LogP contribution >= 0.6 is 11.6 Å². The van der Waals surface area contributed by atoms with Crippen molar-refractivity contribution in [2.24, 2.45) is 0 Å². The van der Waals surface area contributed by atoms with Gasteiger partial charge in [-0.2, -0.15) is 0 Å². The van der Waals surface area contributed by atoms with Gasteiger partial charge in [-0.1, -0.05) is 6.92 Å². The van der Waals surface area contributed by atoms with Gasteiger partial charge in [-0.05, 0) is 13.0 Å². The van der Waals surface area contributed by atoms with E-state index in [2.05, 4.69) is 4.98 Å². The Bertz CT molecular complexity index is 445. The molecule has 1 atom stereocenters. The van der Waals surface area contributed by atoms with Crippen LogP contribution in [-0.4, -0.2) is 4.98 Å². The maximum atomic E-state index is 5.87. The smallest absolute Gasteiger partial charge is 0.212 e. The minimum Gasteiger partial charge on any atom is -0.469 e. The zero-order valence-corrected chi connectivity index (χ0v) is 9.41. The molecule has 4 heteroatoms. The van der Waals surface area contributed by atoms with Gasteiger partial charge in [-0.25, -0.2) is 4.98 Å². The van der Waals surface area contributed by atoms with Crippen LogP contribution in [0.3, 0.4) is 0 Å². The fourth-order valence-electron chi connectivity index (χ4n) is 1.43. The van der Waals surface area contributed by atoms with Crippen LogP contribution in [0.15, 0.2) is 27.4 Å². The van der Waals surface area contributed by atoms with E-state index < -0.39 is 0 Å². The lowest BCUT2D eigenvalue weighted by molar-refractivity contribution is 0.497. The molecular weight excluding hydrogens is 214 g/mol. The van der Waals surface area contributed by atoms with E-state index in [4.69, 9.17) is 20.4 Å². The molecule has 0 fully saturated rings. The molecule has 0 aliphatic heterocycles. The van der Waals surface area contributed by atoms with E-state index in [1.165, 1.54) is 0 Å². The molecule has 0 saturated carbocycles. The summed E-state index contributed by atoms with van der Waals surface area (Å²) in [5.74, 6) is 2.15. The summed E-state index contributed by atoms with van der Waals surface area (Å²) in [6, 6.07) is 1.88. The quantitative estimate of drug-likeness (QED) is 0.746. The van der Waals surface area contributed by atoms with Crippen molar-refractivity contribution in [3.05, 3.63) is 30.2 Å². The second-order valence-corrected chi connectivity index (χ2v) is 3.94. The first-order valence-electron chi connectivity index (χ1n) is 4.89. The van der Waals surface area contributed by atoms with Crippen molar-refractivity contribution >= 4 is 11.6 Å². The number of halogens is 1. The average molecular weight is 226 g/mol. The van der Waals surface area contributed by atoms with Crippen LogP contribution in [0, 0.1) is 0 Å². The van der Waals surface area contributed by atoms with E-state index in [0.29, 0.717) is 11.7 Å². The predicted molar refractivity (Wildman–Crippen MR) is 57.9 cm³/mol. The Labute approximate surface area is 93.1 Å². The third-order valence-corrected chi connectivity index (χ3v) is 2.38. The van der Waals surface area contributed by atoms with E-state index in [9.17, 15) is 0 Å². The molecule has 2 aromatic rings. The van der Waals surface area contributed by atoms with Gasteiger partial charge in [-0.3, -0.25) is 0 Å². The van der Waals surface area contributed by atoms with Gasteiger partial charge >= 0.3 is 0 Å². The van der Waals surface area contributed by atoms with Crippen LogP contribution in [-0.2, 0) is 6.42 Å². The number of alkyl halides is 1. The first-order valence-corrected chi connectivity index (χ1v) is 5.32. The predicted octanol–water partition coefficient (Wildman–Crippen LogP) is 3.80. The zero-order valence-electron chi connectivity index (χ0n) is 8.66. The topological polar surface area (TPSA) is 39.2 Å². The molecule has 0 N–H and O–H groups in total. The van der Waals surface area contributed by atoms with Crippen molar-refractivity contribution < 1.29 is 8.83 Å². The Balaban J connectivity index is 2.37. The largest absolute Gasteiger partial charge is 0.469 e. The second-order valence-electron chi connectivity index (χ2n) is 3.29. The molecule has 2 rings (SSSR count). The minimum absolute atomic E-state index is 0.212. The molecule has 3 nitrogen and oxygen atoms in total. The molecule has 15 heavy (non-hydrogen) atoms. The Morgan fingerprint density at radius 2 is 2.33 bits per heavy atom. The Hall–Kier alpha value is -1.22. The van der Waals surface area contributed by atoms with Crippen molar-refractivity contribution in [3.8, 4) is 11.3 Å². The van der Waals surface area contributed by atoms with Crippen LogP contribution in [0.5, 0.6) is 0 Å². The summed E-state index contributed by atoms with van der Waals surface area (Å²) in [5.41, 5.74) is 0.952. The summed E-state index contributed by atoms with van der Waals surface area (Å²) >= 11 is 5.87. The monoisotopic (exact) mass is 225 g/mol. The number of hydrogen-bond donors (Lipinski definition) is 0. The standard InChI is InChI=1S/C11H12ClNO2/c1-3-9-8(4-5-14-9)10-6-13-11(15-10)7(2)12/h4-7H,3H2,1-2H3. The van der Waals surface area contributed by atoms with E-state index in [-0.39, 0.29) is 5.38 Å².